The van der Waals surface area contributed by atoms with E-state index in [2.05, 4.69) is 15.6 Å². The summed E-state index contributed by atoms with van der Waals surface area (Å²) < 4.78 is 0. The summed E-state index contributed by atoms with van der Waals surface area (Å²) in [5.74, 6) is -0.817. The Bertz CT molecular complexity index is 562. The fourth-order valence-electron chi connectivity index (χ4n) is 1.48. The van der Waals surface area contributed by atoms with Gasteiger partial charge in [-0.25, -0.2) is 4.98 Å². The van der Waals surface area contributed by atoms with E-state index in [1.54, 1.807) is 0 Å². The molecule has 1 aromatic rings. The number of aromatic nitrogens is 1. The van der Waals surface area contributed by atoms with Gasteiger partial charge >= 0.3 is 0 Å². The smallest absolute Gasteiger partial charge is 0.288 e. The second-order valence-corrected chi connectivity index (χ2v) is 4.88. The Kier molecular flexibility index (Phi) is 6.04. The Hall–Kier alpha value is -2.22. The SMILES string of the molecule is CC(C)NC(=O)CCNC(=O)c1cc([N+](=O)[O-])cnc1Cl. The molecule has 0 radical (unpaired) electrons. The van der Waals surface area contributed by atoms with Crippen LogP contribution in [0.1, 0.15) is 30.6 Å². The van der Waals surface area contributed by atoms with E-state index in [0.717, 1.165) is 12.3 Å². The van der Waals surface area contributed by atoms with Crippen molar-refractivity contribution in [1.82, 2.24) is 15.6 Å². The van der Waals surface area contributed by atoms with Gasteiger partial charge in [-0.1, -0.05) is 11.6 Å². The summed E-state index contributed by atoms with van der Waals surface area (Å²) in [4.78, 5) is 36.8. The molecule has 0 aliphatic carbocycles. The summed E-state index contributed by atoms with van der Waals surface area (Å²) in [6.45, 7) is 3.74. The average Bonchev–Trinajstić information content (AvgIpc) is 2.37. The van der Waals surface area contributed by atoms with Crippen molar-refractivity contribution in [3.05, 3.63) is 33.1 Å². The number of pyridine rings is 1. The second kappa shape index (κ2) is 7.53. The number of carbonyl (C=O) groups is 2. The quantitative estimate of drug-likeness (QED) is 0.466. The molecule has 1 rings (SSSR count). The first-order valence-electron chi connectivity index (χ1n) is 6.18. The van der Waals surface area contributed by atoms with Crippen molar-refractivity contribution in [2.75, 3.05) is 6.54 Å². The third-order valence-corrected chi connectivity index (χ3v) is 2.67. The van der Waals surface area contributed by atoms with Crippen LogP contribution >= 0.6 is 11.6 Å². The van der Waals surface area contributed by atoms with Gasteiger partial charge in [0.15, 0.2) is 0 Å². The van der Waals surface area contributed by atoms with E-state index in [-0.39, 0.29) is 41.3 Å². The van der Waals surface area contributed by atoms with E-state index >= 15 is 0 Å². The first kappa shape index (κ1) is 16.8. The van der Waals surface area contributed by atoms with Crippen LogP contribution in [-0.2, 0) is 4.79 Å². The molecule has 21 heavy (non-hydrogen) atoms. The standard InChI is InChI=1S/C12H15ClN4O4/c1-7(2)16-10(18)3-4-14-12(19)9-5-8(17(20)21)6-15-11(9)13/h5-7H,3-4H2,1-2H3,(H,14,19)(H,16,18). The number of hydrogen-bond donors (Lipinski definition) is 2. The predicted octanol–water partition coefficient (Wildman–Crippen LogP) is 1.29. The lowest BCUT2D eigenvalue weighted by molar-refractivity contribution is -0.385. The molecule has 0 spiro atoms. The van der Waals surface area contributed by atoms with Gasteiger partial charge in [0.1, 0.15) is 11.3 Å². The molecule has 0 saturated heterocycles. The number of nitro groups is 1. The molecule has 0 fully saturated rings. The summed E-state index contributed by atoms with van der Waals surface area (Å²) in [6, 6.07) is 1.06. The number of hydrogen-bond acceptors (Lipinski definition) is 5. The fraction of sp³-hybridized carbons (Fsp3) is 0.417. The van der Waals surface area contributed by atoms with Crippen molar-refractivity contribution in [3.8, 4) is 0 Å². The highest BCUT2D eigenvalue weighted by Gasteiger charge is 2.17. The summed E-state index contributed by atoms with van der Waals surface area (Å²) in [5.41, 5.74) is -0.433. The lowest BCUT2D eigenvalue weighted by Gasteiger charge is -2.09. The highest BCUT2D eigenvalue weighted by molar-refractivity contribution is 6.32. The molecule has 0 atom stereocenters. The van der Waals surface area contributed by atoms with Crippen molar-refractivity contribution >= 4 is 29.1 Å². The summed E-state index contributed by atoms with van der Waals surface area (Å²) in [7, 11) is 0. The van der Waals surface area contributed by atoms with Gasteiger partial charge in [0.25, 0.3) is 11.6 Å². The Morgan fingerprint density at radius 2 is 2.14 bits per heavy atom. The monoisotopic (exact) mass is 314 g/mol. The Morgan fingerprint density at radius 1 is 1.48 bits per heavy atom. The molecular formula is C12H15ClN4O4. The molecule has 2 N–H and O–H groups in total. The van der Waals surface area contributed by atoms with Crippen molar-refractivity contribution in [2.45, 2.75) is 26.3 Å². The van der Waals surface area contributed by atoms with Gasteiger partial charge < -0.3 is 10.6 Å². The van der Waals surface area contributed by atoms with Gasteiger partial charge in [-0.3, -0.25) is 19.7 Å². The zero-order chi connectivity index (χ0) is 16.0. The number of rotatable bonds is 6. The minimum Gasteiger partial charge on any atom is -0.354 e. The highest BCUT2D eigenvalue weighted by Crippen LogP contribution is 2.18. The molecular weight excluding hydrogens is 300 g/mol. The molecule has 8 nitrogen and oxygen atoms in total. The largest absolute Gasteiger partial charge is 0.354 e. The Labute approximate surface area is 126 Å². The number of carbonyl (C=O) groups excluding carboxylic acids is 2. The van der Waals surface area contributed by atoms with Crippen molar-refractivity contribution < 1.29 is 14.5 Å². The van der Waals surface area contributed by atoms with Crippen molar-refractivity contribution in [1.29, 1.82) is 0 Å². The molecule has 0 aromatic carbocycles. The van der Waals surface area contributed by atoms with E-state index < -0.39 is 10.8 Å². The van der Waals surface area contributed by atoms with Crippen LogP contribution in [0.3, 0.4) is 0 Å². The maximum Gasteiger partial charge on any atom is 0.288 e. The van der Waals surface area contributed by atoms with Gasteiger partial charge in [0.05, 0.1) is 10.5 Å². The first-order chi connectivity index (χ1) is 9.81. The van der Waals surface area contributed by atoms with Crippen molar-refractivity contribution in [2.24, 2.45) is 0 Å². The van der Waals surface area contributed by atoms with Crippen molar-refractivity contribution in [3.63, 3.8) is 0 Å². The van der Waals surface area contributed by atoms with Crippen LogP contribution in [0.25, 0.3) is 0 Å². The maximum atomic E-state index is 11.9. The van der Waals surface area contributed by atoms with E-state index in [1.165, 1.54) is 0 Å². The molecule has 2 amide bonds. The van der Waals surface area contributed by atoms with Crippen LogP contribution < -0.4 is 10.6 Å². The highest BCUT2D eigenvalue weighted by atomic mass is 35.5. The first-order valence-corrected chi connectivity index (χ1v) is 6.56. The Morgan fingerprint density at radius 3 is 2.71 bits per heavy atom. The minimum absolute atomic E-state index is 0.0172. The van der Waals surface area contributed by atoms with Gasteiger partial charge in [0, 0.05) is 25.1 Å². The van der Waals surface area contributed by atoms with Gasteiger partial charge in [-0.15, -0.1) is 0 Å². The lowest BCUT2D eigenvalue weighted by atomic mass is 10.2. The van der Waals surface area contributed by atoms with E-state index in [4.69, 9.17) is 11.6 Å². The summed E-state index contributed by atoms with van der Waals surface area (Å²) in [5, 5.41) is 15.6. The molecule has 1 aromatic heterocycles. The predicted molar refractivity (Wildman–Crippen MR) is 76.1 cm³/mol. The minimum atomic E-state index is -0.670. The zero-order valence-corrected chi connectivity index (χ0v) is 12.3. The lowest BCUT2D eigenvalue weighted by Crippen LogP contribution is -2.34. The van der Waals surface area contributed by atoms with Crippen LogP contribution in [0, 0.1) is 10.1 Å². The maximum absolute atomic E-state index is 11.9. The van der Waals surface area contributed by atoms with E-state index in [9.17, 15) is 19.7 Å². The number of nitrogens with one attached hydrogen (secondary N) is 2. The van der Waals surface area contributed by atoms with E-state index in [1.807, 2.05) is 13.8 Å². The molecule has 114 valence electrons. The average molecular weight is 315 g/mol. The molecule has 0 saturated carbocycles. The van der Waals surface area contributed by atoms with Crippen LogP contribution in [-0.4, -0.2) is 34.3 Å². The van der Waals surface area contributed by atoms with Gasteiger partial charge in [-0.2, -0.15) is 0 Å². The molecule has 1 heterocycles. The zero-order valence-electron chi connectivity index (χ0n) is 11.6. The molecule has 9 heteroatoms. The second-order valence-electron chi connectivity index (χ2n) is 4.52. The molecule has 0 unspecified atom stereocenters. The van der Waals surface area contributed by atoms with E-state index in [0.29, 0.717) is 0 Å². The normalized spacial score (nSPS) is 10.3. The third-order valence-electron chi connectivity index (χ3n) is 2.37. The van der Waals surface area contributed by atoms with Crippen LogP contribution in [0.15, 0.2) is 12.3 Å². The van der Waals surface area contributed by atoms with Crippen LogP contribution in [0.2, 0.25) is 5.15 Å². The van der Waals surface area contributed by atoms with Crippen LogP contribution in [0.5, 0.6) is 0 Å². The summed E-state index contributed by atoms with van der Waals surface area (Å²) in [6.07, 6.45) is 1.07. The molecule has 0 aliphatic rings. The molecule has 0 bridgehead atoms. The molecule has 0 aliphatic heterocycles. The van der Waals surface area contributed by atoms with Gasteiger partial charge in [0.2, 0.25) is 5.91 Å². The fourth-order valence-corrected chi connectivity index (χ4v) is 1.66. The Balaban J connectivity index is 2.62. The van der Waals surface area contributed by atoms with Gasteiger partial charge in [-0.05, 0) is 13.8 Å². The van der Waals surface area contributed by atoms with Crippen LogP contribution in [0.4, 0.5) is 5.69 Å². The number of halogens is 1. The number of amides is 2. The number of nitrogens with zero attached hydrogens (tertiary/aromatic N) is 2. The third kappa shape index (κ3) is 5.35. The summed E-state index contributed by atoms with van der Waals surface area (Å²) >= 11 is 5.73. The topological polar surface area (TPSA) is 114 Å².